The first-order valence-corrected chi connectivity index (χ1v) is 5.36. The van der Waals surface area contributed by atoms with Crippen LogP contribution in [0.1, 0.15) is 19.3 Å². The van der Waals surface area contributed by atoms with Crippen molar-refractivity contribution in [1.82, 2.24) is 4.90 Å². The maximum absolute atomic E-state index is 11.5. The van der Waals surface area contributed by atoms with Crippen LogP contribution in [-0.4, -0.2) is 47.3 Å². The van der Waals surface area contributed by atoms with E-state index in [-0.39, 0.29) is 18.1 Å². The van der Waals surface area contributed by atoms with Crippen molar-refractivity contribution in [3.63, 3.8) is 0 Å². The van der Waals surface area contributed by atoms with Gasteiger partial charge in [0.05, 0.1) is 12.1 Å². The van der Waals surface area contributed by atoms with Crippen LogP contribution >= 0.6 is 0 Å². The van der Waals surface area contributed by atoms with Gasteiger partial charge < -0.3 is 14.7 Å². The Balaban J connectivity index is 1.86. The molecule has 3 heterocycles. The number of ether oxygens (including phenoxy) is 1. The Hall–Kier alpha value is -0.610. The average molecular weight is 197 g/mol. The van der Waals surface area contributed by atoms with Gasteiger partial charge in [-0.3, -0.25) is 4.79 Å². The van der Waals surface area contributed by atoms with Crippen LogP contribution in [0.5, 0.6) is 0 Å². The minimum atomic E-state index is -0.456. The van der Waals surface area contributed by atoms with Crippen molar-refractivity contribution in [2.75, 3.05) is 13.2 Å². The summed E-state index contributed by atoms with van der Waals surface area (Å²) in [6.07, 6.45) is 1.91. The fourth-order valence-electron chi connectivity index (χ4n) is 3.05. The van der Waals surface area contributed by atoms with Crippen LogP contribution in [-0.2, 0) is 9.53 Å². The summed E-state index contributed by atoms with van der Waals surface area (Å²) < 4.78 is 5.52. The number of hydrogen-bond donors (Lipinski definition) is 1. The largest absolute Gasteiger partial charge is 0.388 e. The molecule has 3 aliphatic rings. The lowest BCUT2D eigenvalue weighted by atomic mass is 9.87. The van der Waals surface area contributed by atoms with Gasteiger partial charge in [-0.05, 0) is 12.8 Å². The molecular weight excluding hydrogens is 182 g/mol. The summed E-state index contributed by atoms with van der Waals surface area (Å²) in [5.74, 6) is 0.572. The molecule has 3 aliphatic heterocycles. The summed E-state index contributed by atoms with van der Waals surface area (Å²) >= 11 is 0. The first-order valence-electron chi connectivity index (χ1n) is 5.36. The Labute approximate surface area is 82.8 Å². The molecule has 78 valence electrons. The topological polar surface area (TPSA) is 49.8 Å². The first-order chi connectivity index (χ1) is 6.77. The number of rotatable bonds is 0. The number of piperidine rings is 1. The van der Waals surface area contributed by atoms with Gasteiger partial charge in [0.25, 0.3) is 0 Å². The molecule has 0 spiro atoms. The molecule has 3 saturated heterocycles. The summed E-state index contributed by atoms with van der Waals surface area (Å²) in [7, 11) is 0. The van der Waals surface area contributed by atoms with Crippen molar-refractivity contribution in [2.45, 2.75) is 37.5 Å². The molecule has 3 rings (SSSR count). The molecule has 4 unspecified atom stereocenters. The van der Waals surface area contributed by atoms with Crippen molar-refractivity contribution in [3.8, 4) is 0 Å². The number of amides is 1. The van der Waals surface area contributed by atoms with Crippen LogP contribution in [0.4, 0.5) is 0 Å². The Morgan fingerprint density at radius 2 is 2.29 bits per heavy atom. The third-order valence-corrected chi connectivity index (χ3v) is 3.80. The lowest BCUT2D eigenvalue weighted by Gasteiger charge is -2.40. The molecule has 4 nitrogen and oxygen atoms in total. The lowest BCUT2D eigenvalue weighted by Crippen LogP contribution is -2.56. The molecule has 4 atom stereocenters. The van der Waals surface area contributed by atoms with Crippen molar-refractivity contribution < 1.29 is 14.6 Å². The molecule has 14 heavy (non-hydrogen) atoms. The highest BCUT2D eigenvalue weighted by Gasteiger charge is 2.49. The number of aliphatic hydroxyl groups is 1. The van der Waals surface area contributed by atoms with Crippen LogP contribution < -0.4 is 0 Å². The normalized spacial score (nSPS) is 46.6. The highest BCUT2D eigenvalue weighted by molar-refractivity contribution is 5.79. The van der Waals surface area contributed by atoms with Crippen LogP contribution in [0, 0.1) is 5.92 Å². The highest BCUT2D eigenvalue weighted by Crippen LogP contribution is 2.36. The summed E-state index contributed by atoms with van der Waals surface area (Å²) in [6.45, 7) is 1.53. The number of nitrogens with zero attached hydrogens (tertiary/aromatic N) is 1. The zero-order valence-electron chi connectivity index (χ0n) is 8.06. The quantitative estimate of drug-likeness (QED) is 0.583. The first kappa shape index (κ1) is 8.68. The molecule has 1 amide bonds. The third-order valence-electron chi connectivity index (χ3n) is 3.80. The Kier molecular flexibility index (Phi) is 1.82. The molecule has 1 N–H and O–H groups in total. The third kappa shape index (κ3) is 1.04. The van der Waals surface area contributed by atoms with Crippen molar-refractivity contribution in [3.05, 3.63) is 0 Å². The SMILES string of the molecule is O=C1CCC2C(O)C3OCCC3CN12. The molecular formula is C10H15NO3. The van der Waals surface area contributed by atoms with Gasteiger partial charge in [0.15, 0.2) is 0 Å². The number of hydrogen-bond acceptors (Lipinski definition) is 3. The van der Waals surface area contributed by atoms with E-state index in [1.54, 1.807) is 0 Å². The van der Waals surface area contributed by atoms with Crippen LogP contribution in [0.15, 0.2) is 0 Å². The van der Waals surface area contributed by atoms with Gasteiger partial charge in [0.2, 0.25) is 5.91 Å². The van der Waals surface area contributed by atoms with Crippen molar-refractivity contribution >= 4 is 5.91 Å². The maximum Gasteiger partial charge on any atom is 0.222 e. The standard InChI is InChI=1S/C10H15NO3/c12-8-2-1-7-9(13)10-6(3-4-14-10)5-11(7)8/h6-7,9-10,13H,1-5H2. The highest BCUT2D eigenvalue weighted by atomic mass is 16.5. The molecule has 4 heteroatoms. The van der Waals surface area contributed by atoms with Gasteiger partial charge >= 0.3 is 0 Å². The van der Waals surface area contributed by atoms with Crippen LogP contribution in [0.2, 0.25) is 0 Å². The molecule has 0 saturated carbocycles. The van der Waals surface area contributed by atoms with Crippen LogP contribution in [0.25, 0.3) is 0 Å². The maximum atomic E-state index is 11.5. The Morgan fingerprint density at radius 3 is 3.14 bits per heavy atom. The monoisotopic (exact) mass is 197 g/mol. The molecule has 0 aromatic carbocycles. The van der Waals surface area contributed by atoms with E-state index in [4.69, 9.17) is 4.74 Å². The number of aliphatic hydroxyl groups excluding tert-OH is 1. The summed E-state index contributed by atoms with van der Waals surface area (Å²) in [6, 6.07) is 0.0295. The number of carbonyl (C=O) groups excluding carboxylic acids is 1. The van der Waals surface area contributed by atoms with E-state index >= 15 is 0 Å². The average Bonchev–Trinajstić information content (AvgIpc) is 2.75. The lowest BCUT2D eigenvalue weighted by molar-refractivity contribution is -0.140. The van der Waals surface area contributed by atoms with E-state index in [0.717, 1.165) is 26.0 Å². The van der Waals surface area contributed by atoms with Gasteiger partial charge in [-0.25, -0.2) is 0 Å². The van der Waals surface area contributed by atoms with E-state index in [9.17, 15) is 9.90 Å². The van der Waals surface area contributed by atoms with E-state index in [0.29, 0.717) is 12.3 Å². The molecule has 0 bridgehead atoms. The molecule has 0 radical (unpaired) electrons. The molecule has 0 aromatic rings. The summed E-state index contributed by atoms with van der Waals surface area (Å²) in [4.78, 5) is 13.4. The predicted octanol–water partition coefficient (Wildman–Crippen LogP) is -0.243. The zero-order chi connectivity index (χ0) is 9.71. The predicted molar refractivity (Wildman–Crippen MR) is 48.6 cm³/mol. The summed E-state index contributed by atoms with van der Waals surface area (Å²) in [5.41, 5.74) is 0. The van der Waals surface area contributed by atoms with Gasteiger partial charge in [-0.1, -0.05) is 0 Å². The summed E-state index contributed by atoms with van der Waals surface area (Å²) in [5, 5.41) is 10.0. The van der Waals surface area contributed by atoms with Crippen molar-refractivity contribution in [1.29, 1.82) is 0 Å². The Morgan fingerprint density at radius 1 is 1.43 bits per heavy atom. The second-order valence-corrected chi connectivity index (χ2v) is 4.53. The van der Waals surface area contributed by atoms with Gasteiger partial charge in [0.1, 0.15) is 6.10 Å². The van der Waals surface area contributed by atoms with E-state index in [2.05, 4.69) is 0 Å². The fourth-order valence-corrected chi connectivity index (χ4v) is 3.05. The molecule has 0 aliphatic carbocycles. The number of fused-ring (bicyclic) bond motifs is 2. The van der Waals surface area contributed by atoms with E-state index < -0.39 is 6.10 Å². The van der Waals surface area contributed by atoms with Gasteiger partial charge in [-0.2, -0.15) is 0 Å². The second kappa shape index (κ2) is 2.94. The number of carbonyl (C=O) groups is 1. The minimum Gasteiger partial charge on any atom is -0.388 e. The van der Waals surface area contributed by atoms with E-state index in [1.807, 2.05) is 4.90 Å². The molecule has 3 fully saturated rings. The minimum absolute atomic E-state index is 0.0119. The zero-order valence-corrected chi connectivity index (χ0v) is 8.06. The van der Waals surface area contributed by atoms with Crippen molar-refractivity contribution in [2.24, 2.45) is 5.92 Å². The smallest absolute Gasteiger partial charge is 0.222 e. The van der Waals surface area contributed by atoms with E-state index in [1.165, 1.54) is 0 Å². The van der Waals surface area contributed by atoms with Gasteiger partial charge in [0, 0.05) is 25.5 Å². The molecule has 0 aromatic heterocycles. The Bertz CT molecular complexity index is 268. The second-order valence-electron chi connectivity index (χ2n) is 4.53. The van der Waals surface area contributed by atoms with Crippen LogP contribution in [0.3, 0.4) is 0 Å². The van der Waals surface area contributed by atoms with Gasteiger partial charge in [-0.15, -0.1) is 0 Å². The fraction of sp³-hybridized carbons (Fsp3) is 0.900.